The molecule has 0 spiro atoms. The Hall–Kier alpha value is -2.87. The molecule has 1 aliphatic heterocycles. The molecule has 0 bridgehead atoms. The molecule has 0 aliphatic carbocycles. The molecule has 1 aromatic carbocycles. The van der Waals surface area contributed by atoms with Crippen LogP contribution in [0.5, 0.6) is 0 Å². The Morgan fingerprint density at radius 2 is 2.12 bits per heavy atom. The first kappa shape index (κ1) is 17.9. The van der Waals surface area contributed by atoms with Crippen LogP contribution in [0.1, 0.15) is 18.4 Å². The van der Waals surface area contributed by atoms with Gasteiger partial charge in [-0.2, -0.15) is 5.10 Å². The molecule has 3 rings (SSSR count). The summed E-state index contributed by atoms with van der Waals surface area (Å²) in [7, 11) is 1.75. The summed E-state index contributed by atoms with van der Waals surface area (Å²) in [5, 5.41) is 9.76. The fraction of sp³-hybridized carbons (Fsp3) is 0.294. The van der Waals surface area contributed by atoms with Crippen molar-refractivity contribution in [2.24, 2.45) is 7.05 Å². The minimum Gasteiger partial charge on any atom is -0.326 e. The second kappa shape index (κ2) is 7.57. The molecular weight excluding hydrogens is 358 g/mol. The van der Waals surface area contributed by atoms with Crippen molar-refractivity contribution in [3.63, 3.8) is 0 Å². The third-order valence-electron chi connectivity index (χ3n) is 4.04. The predicted molar refractivity (Wildman–Crippen MR) is 95.4 cm³/mol. The van der Waals surface area contributed by atoms with Crippen LogP contribution in [-0.4, -0.2) is 38.6 Å². The number of carbonyl (C=O) groups is 3. The molecule has 1 saturated heterocycles. The molecule has 26 heavy (non-hydrogen) atoms. The number of nitrogens with one attached hydrogen (secondary N) is 2. The second-order valence-electron chi connectivity index (χ2n) is 6.01. The molecular formula is C17H18ClN5O3. The lowest BCUT2D eigenvalue weighted by Crippen LogP contribution is -2.31. The zero-order chi connectivity index (χ0) is 18.7. The number of urea groups is 1. The van der Waals surface area contributed by atoms with Gasteiger partial charge in [-0.15, -0.1) is 0 Å². The van der Waals surface area contributed by atoms with Crippen LogP contribution in [0.2, 0.25) is 5.02 Å². The van der Waals surface area contributed by atoms with Gasteiger partial charge in [0.2, 0.25) is 5.91 Å². The van der Waals surface area contributed by atoms with Gasteiger partial charge in [0.1, 0.15) is 6.04 Å². The number of benzene rings is 1. The van der Waals surface area contributed by atoms with E-state index in [2.05, 4.69) is 15.7 Å². The highest BCUT2D eigenvalue weighted by atomic mass is 35.5. The van der Waals surface area contributed by atoms with Gasteiger partial charge in [0.15, 0.2) is 0 Å². The molecule has 1 atom stereocenters. The number of halogens is 1. The molecule has 2 aromatic rings. The monoisotopic (exact) mass is 375 g/mol. The quantitative estimate of drug-likeness (QED) is 0.754. The molecule has 9 heteroatoms. The Morgan fingerprint density at radius 1 is 1.35 bits per heavy atom. The van der Waals surface area contributed by atoms with Crippen LogP contribution >= 0.6 is 11.6 Å². The lowest BCUT2D eigenvalue weighted by Gasteiger charge is -2.14. The molecule has 0 radical (unpaired) electrons. The van der Waals surface area contributed by atoms with Crippen LogP contribution in [0.4, 0.5) is 10.5 Å². The van der Waals surface area contributed by atoms with Crippen molar-refractivity contribution >= 4 is 35.1 Å². The van der Waals surface area contributed by atoms with Gasteiger partial charge in [0.25, 0.3) is 5.91 Å². The highest BCUT2D eigenvalue weighted by Gasteiger charge is 2.38. The molecule has 1 unspecified atom stereocenters. The molecule has 1 aliphatic rings. The van der Waals surface area contributed by atoms with Gasteiger partial charge in [-0.25, -0.2) is 4.79 Å². The Morgan fingerprint density at radius 3 is 2.81 bits per heavy atom. The molecule has 1 fully saturated rings. The number of rotatable bonds is 6. The number of imide groups is 1. The van der Waals surface area contributed by atoms with Crippen molar-refractivity contribution in [2.75, 3.05) is 5.32 Å². The number of nitrogens with zero attached hydrogens (tertiary/aromatic N) is 3. The molecule has 8 nitrogen and oxygen atoms in total. The number of amides is 4. The van der Waals surface area contributed by atoms with Gasteiger partial charge in [-0.3, -0.25) is 19.2 Å². The Labute approximate surface area is 155 Å². The second-order valence-corrected chi connectivity index (χ2v) is 6.41. The first-order valence-corrected chi connectivity index (χ1v) is 8.45. The van der Waals surface area contributed by atoms with Gasteiger partial charge in [-0.05, 0) is 18.1 Å². The topological polar surface area (TPSA) is 96.3 Å². The van der Waals surface area contributed by atoms with E-state index in [1.54, 1.807) is 42.2 Å². The SMILES string of the molecule is Cn1cc(NC(=O)CCC2NC(=O)N(Cc3ccccc3Cl)C2=O)cn1. The zero-order valence-corrected chi connectivity index (χ0v) is 14.9. The average Bonchev–Trinajstić information content (AvgIpc) is 3.12. The summed E-state index contributed by atoms with van der Waals surface area (Å²) >= 11 is 6.09. The van der Waals surface area contributed by atoms with E-state index in [1.807, 2.05) is 0 Å². The number of aryl methyl sites for hydroxylation is 1. The highest BCUT2D eigenvalue weighted by Crippen LogP contribution is 2.20. The molecule has 1 aromatic heterocycles. The normalized spacial score (nSPS) is 16.7. The molecule has 2 N–H and O–H groups in total. The number of aromatic nitrogens is 2. The van der Waals surface area contributed by atoms with Gasteiger partial charge >= 0.3 is 6.03 Å². The maximum Gasteiger partial charge on any atom is 0.325 e. The first-order valence-electron chi connectivity index (χ1n) is 8.08. The van der Waals surface area contributed by atoms with Gasteiger partial charge < -0.3 is 10.6 Å². The fourth-order valence-corrected chi connectivity index (χ4v) is 2.90. The predicted octanol–water partition coefficient (Wildman–Crippen LogP) is 1.91. The van der Waals surface area contributed by atoms with Crippen molar-refractivity contribution in [3.05, 3.63) is 47.2 Å². The lowest BCUT2D eigenvalue weighted by molar-refractivity contribution is -0.128. The Bertz CT molecular complexity index is 850. The van der Waals surface area contributed by atoms with Crippen molar-refractivity contribution in [1.82, 2.24) is 20.0 Å². The third kappa shape index (κ3) is 4.02. The highest BCUT2D eigenvalue weighted by molar-refractivity contribution is 6.31. The fourth-order valence-electron chi connectivity index (χ4n) is 2.70. The Balaban J connectivity index is 1.55. The molecule has 2 heterocycles. The maximum absolute atomic E-state index is 12.5. The average molecular weight is 376 g/mol. The molecule has 0 saturated carbocycles. The number of carbonyl (C=O) groups excluding carboxylic acids is 3. The van der Waals surface area contributed by atoms with E-state index in [9.17, 15) is 14.4 Å². The number of anilines is 1. The van der Waals surface area contributed by atoms with Crippen molar-refractivity contribution in [1.29, 1.82) is 0 Å². The van der Waals surface area contributed by atoms with Crippen LogP contribution in [0, 0.1) is 0 Å². The number of hydrogen-bond donors (Lipinski definition) is 2. The van der Waals surface area contributed by atoms with E-state index >= 15 is 0 Å². The van der Waals surface area contributed by atoms with Crippen molar-refractivity contribution in [2.45, 2.75) is 25.4 Å². The lowest BCUT2D eigenvalue weighted by atomic mass is 10.1. The van der Waals surface area contributed by atoms with Crippen LogP contribution in [-0.2, 0) is 23.2 Å². The summed E-state index contributed by atoms with van der Waals surface area (Å²) in [6, 6.07) is 5.84. The van der Waals surface area contributed by atoms with E-state index < -0.39 is 12.1 Å². The zero-order valence-electron chi connectivity index (χ0n) is 14.1. The van der Waals surface area contributed by atoms with Crippen LogP contribution in [0.3, 0.4) is 0 Å². The van der Waals surface area contributed by atoms with E-state index in [0.29, 0.717) is 16.3 Å². The van der Waals surface area contributed by atoms with E-state index in [-0.39, 0.29) is 31.2 Å². The van der Waals surface area contributed by atoms with Gasteiger partial charge in [-0.1, -0.05) is 29.8 Å². The summed E-state index contributed by atoms with van der Waals surface area (Å²) in [6.45, 7) is 0.0999. The summed E-state index contributed by atoms with van der Waals surface area (Å²) in [4.78, 5) is 37.6. The van der Waals surface area contributed by atoms with Crippen LogP contribution in [0.25, 0.3) is 0 Å². The summed E-state index contributed by atoms with van der Waals surface area (Å²) in [5.41, 5.74) is 1.27. The van der Waals surface area contributed by atoms with Crippen LogP contribution < -0.4 is 10.6 Å². The van der Waals surface area contributed by atoms with E-state index in [4.69, 9.17) is 11.6 Å². The largest absolute Gasteiger partial charge is 0.326 e. The minimum atomic E-state index is -0.718. The van der Waals surface area contributed by atoms with Gasteiger partial charge in [0, 0.05) is 24.7 Å². The molecule has 4 amide bonds. The number of hydrogen-bond acceptors (Lipinski definition) is 4. The maximum atomic E-state index is 12.5. The summed E-state index contributed by atoms with van der Waals surface area (Å²) in [6.07, 6.45) is 3.53. The third-order valence-corrected chi connectivity index (χ3v) is 4.41. The van der Waals surface area contributed by atoms with Crippen molar-refractivity contribution in [3.8, 4) is 0 Å². The smallest absolute Gasteiger partial charge is 0.325 e. The van der Waals surface area contributed by atoms with E-state index in [0.717, 1.165) is 4.90 Å². The first-order chi connectivity index (χ1) is 12.4. The van der Waals surface area contributed by atoms with Crippen LogP contribution in [0.15, 0.2) is 36.7 Å². The Kier molecular flexibility index (Phi) is 5.22. The van der Waals surface area contributed by atoms with E-state index in [1.165, 1.54) is 6.20 Å². The summed E-state index contributed by atoms with van der Waals surface area (Å²) in [5.74, 6) is -0.603. The van der Waals surface area contributed by atoms with Gasteiger partial charge in [0.05, 0.1) is 18.4 Å². The van der Waals surface area contributed by atoms with Crippen molar-refractivity contribution < 1.29 is 14.4 Å². The minimum absolute atomic E-state index is 0.0999. The standard InChI is InChI=1S/C17H18ClN5O3/c1-22-10-12(8-19-22)20-15(24)7-6-14-16(25)23(17(26)21-14)9-11-4-2-3-5-13(11)18/h2-5,8,10,14H,6-7,9H2,1H3,(H,20,24)(H,21,26). The molecule has 136 valence electrons. The summed E-state index contributed by atoms with van der Waals surface area (Å²) < 4.78 is 1.57.